The first-order chi connectivity index (χ1) is 9.37. The third-order valence-corrected chi connectivity index (χ3v) is 4.04. The highest BCUT2D eigenvalue weighted by Crippen LogP contribution is 2.35. The van der Waals surface area contributed by atoms with Crippen molar-refractivity contribution >= 4 is 6.21 Å². The minimum atomic E-state index is -0.176. The fourth-order valence-corrected chi connectivity index (χ4v) is 2.60. The van der Waals surface area contributed by atoms with E-state index in [0.29, 0.717) is 0 Å². The topological polar surface area (TPSA) is 27.6 Å². The number of rotatable bonds is 2. The van der Waals surface area contributed by atoms with Gasteiger partial charge < -0.3 is 10.2 Å². The molecule has 1 N–H and O–H groups in total. The van der Waals surface area contributed by atoms with Gasteiger partial charge in [-0.15, -0.1) is 0 Å². The summed E-state index contributed by atoms with van der Waals surface area (Å²) in [6.07, 6.45) is 2.76. The smallest absolute Gasteiger partial charge is 0.0985 e. The van der Waals surface area contributed by atoms with Gasteiger partial charge in [0.2, 0.25) is 0 Å². The molecule has 0 amide bonds. The molecule has 1 aromatic carbocycles. The number of nitrogens with zero attached hydrogens (tertiary/aromatic N) is 2. The molecule has 1 aromatic rings. The molecule has 0 saturated carbocycles. The van der Waals surface area contributed by atoms with E-state index in [-0.39, 0.29) is 5.54 Å². The molecule has 0 aromatic heterocycles. The van der Waals surface area contributed by atoms with Crippen molar-refractivity contribution in [2.45, 2.75) is 25.8 Å². The molecule has 2 rings (SSSR count). The van der Waals surface area contributed by atoms with Crippen molar-refractivity contribution in [2.75, 3.05) is 14.1 Å². The molecule has 106 valence electrons. The lowest BCUT2D eigenvalue weighted by Gasteiger charge is -2.43. The molecular formula is C17H23N3. The second-order valence-electron chi connectivity index (χ2n) is 5.66. The van der Waals surface area contributed by atoms with Gasteiger partial charge in [-0.3, -0.25) is 4.99 Å². The molecule has 3 heteroatoms. The molecule has 1 fully saturated rings. The second-order valence-corrected chi connectivity index (χ2v) is 5.66. The van der Waals surface area contributed by atoms with E-state index < -0.39 is 0 Å². The van der Waals surface area contributed by atoms with Gasteiger partial charge in [0.25, 0.3) is 0 Å². The second kappa shape index (κ2) is 5.16. The quantitative estimate of drug-likeness (QED) is 0.835. The van der Waals surface area contributed by atoms with Crippen molar-refractivity contribution in [2.24, 2.45) is 4.99 Å². The molecule has 20 heavy (non-hydrogen) atoms. The first-order valence-corrected chi connectivity index (χ1v) is 6.79. The number of hydrogen-bond donors (Lipinski definition) is 1. The van der Waals surface area contributed by atoms with Crippen molar-refractivity contribution in [3.63, 3.8) is 0 Å². The molecule has 3 nitrogen and oxygen atoms in total. The van der Waals surface area contributed by atoms with Gasteiger partial charge in [0.05, 0.1) is 11.4 Å². The van der Waals surface area contributed by atoms with E-state index in [9.17, 15) is 0 Å². The molecule has 0 radical (unpaired) electrons. The maximum Gasteiger partial charge on any atom is 0.0985 e. The van der Waals surface area contributed by atoms with Crippen molar-refractivity contribution in [1.82, 2.24) is 10.2 Å². The lowest BCUT2D eigenvalue weighted by Crippen LogP contribution is -2.48. The molecular weight excluding hydrogens is 246 g/mol. The van der Waals surface area contributed by atoms with E-state index in [0.717, 1.165) is 23.5 Å². The fraction of sp³-hybridized carbons (Fsp3) is 0.353. The maximum atomic E-state index is 4.14. The Hall–Kier alpha value is -2.03. The number of hydrogen-bond acceptors (Lipinski definition) is 3. The number of aliphatic imine (C=N–C) groups is 1. The summed E-state index contributed by atoms with van der Waals surface area (Å²) in [6.45, 7) is 12.5. The van der Waals surface area contributed by atoms with Crippen LogP contribution >= 0.6 is 0 Å². The lowest BCUT2D eigenvalue weighted by molar-refractivity contribution is 0.268. The zero-order chi connectivity index (χ0) is 14.9. The molecule has 1 heterocycles. The Kier molecular flexibility index (Phi) is 3.71. The van der Waals surface area contributed by atoms with Crippen LogP contribution in [0.3, 0.4) is 0 Å². The summed E-state index contributed by atoms with van der Waals surface area (Å²) in [6, 6.07) is 6.51. The SMILES string of the molecule is C=C1C[C@@](C)(c2ccc(C)c(C=NC)c2)NC(=C)N1C. The van der Waals surface area contributed by atoms with Crippen molar-refractivity contribution in [1.29, 1.82) is 0 Å². The maximum absolute atomic E-state index is 4.14. The van der Waals surface area contributed by atoms with Crippen LogP contribution in [0.4, 0.5) is 0 Å². The Bertz CT molecular complexity index is 566. The Morgan fingerprint density at radius 3 is 2.70 bits per heavy atom. The minimum absolute atomic E-state index is 0.176. The average Bonchev–Trinajstić information content (AvgIpc) is 2.38. The predicted octanol–water partition coefficient (Wildman–Crippen LogP) is 3.17. The summed E-state index contributed by atoms with van der Waals surface area (Å²) in [4.78, 5) is 6.13. The van der Waals surface area contributed by atoms with Crippen LogP contribution in [0, 0.1) is 6.92 Å². The van der Waals surface area contributed by atoms with Crippen molar-refractivity contribution < 1.29 is 0 Å². The molecule has 0 bridgehead atoms. The predicted molar refractivity (Wildman–Crippen MR) is 85.8 cm³/mol. The van der Waals surface area contributed by atoms with Crippen LogP contribution in [0.25, 0.3) is 0 Å². The van der Waals surface area contributed by atoms with Gasteiger partial charge in [-0.05, 0) is 36.6 Å². The highest BCUT2D eigenvalue weighted by molar-refractivity contribution is 5.82. The highest BCUT2D eigenvalue weighted by Gasteiger charge is 2.34. The fourth-order valence-electron chi connectivity index (χ4n) is 2.60. The van der Waals surface area contributed by atoms with Crippen LogP contribution in [0.2, 0.25) is 0 Å². The van der Waals surface area contributed by atoms with E-state index in [4.69, 9.17) is 0 Å². The lowest BCUT2D eigenvalue weighted by atomic mass is 9.84. The first kappa shape index (κ1) is 14.4. The van der Waals surface area contributed by atoms with Crippen LogP contribution in [0.15, 0.2) is 47.9 Å². The van der Waals surface area contributed by atoms with E-state index in [1.54, 1.807) is 7.05 Å². The largest absolute Gasteiger partial charge is 0.362 e. The minimum Gasteiger partial charge on any atom is -0.362 e. The third kappa shape index (κ3) is 2.48. The summed E-state index contributed by atoms with van der Waals surface area (Å²) >= 11 is 0. The van der Waals surface area contributed by atoms with Crippen LogP contribution in [0.5, 0.6) is 0 Å². The van der Waals surface area contributed by atoms with E-state index >= 15 is 0 Å². The van der Waals surface area contributed by atoms with E-state index in [1.165, 1.54) is 11.1 Å². The van der Waals surface area contributed by atoms with Crippen molar-refractivity contribution in [3.8, 4) is 0 Å². The number of nitrogens with one attached hydrogen (secondary N) is 1. The summed E-state index contributed by atoms with van der Waals surface area (Å²) in [7, 11) is 3.78. The third-order valence-electron chi connectivity index (χ3n) is 4.04. The van der Waals surface area contributed by atoms with Gasteiger partial charge in [0, 0.05) is 32.4 Å². The van der Waals surface area contributed by atoms with Gasteiger partial charge in [-0.2, -0.15) is 0 Å². The van der Waals surface area contributed by atoms with E-state index in [2.05, 4.69) is 55.5 Å². The van der Waals surface area contributed by atoms with Crippen LogP contribution in [-0.2, 0) is 5.54 Å². The molecule has 1 saturated heterocycles. The van der Waals surface area contributed by atoms with Crippen LogP contribution in [-0.4, -0.2) is 25.2 Å². The Labute approximate surface area is 121 Å². The molecule has 0 aliphatic carbocycles. The van der Waals surface area contributed by atoms with Crippen LogP contribution in [0.1, 0.15) is 30.0 Å². The van der Waals surface area contributed by atoms with Gasteiger partial charge >= 0.3 is 0 Å². The monoisotopic (exact) mass is 269 g/mol. The zero-order valence-corrected chi connectivity index (χ0v) is 12.8. The number of benzene rings is 1. The van der Waals surface area contributed by atoms with Gasteiger partial charge in [-0.1, -0.05) is 25.3 Å². The summed E-state index contributed by atoms with van der Waals surface area (Å²) in [5.74, 6) is 0.884. The summed E-state index contributed by atoms with van der Waals surface area (Å²) < 4.78 is 0. The van der Waals surface area contributed by atoms with Gasteiger partial charge in [0.15, 0.2) is 0 Å². The van der Waals surface area contributed by atoms with Gasteiger partial charge in [-0.25, -0.2) is 0 Å². The molecule has 1 aliphatic heterocycles. The summed E-state index contributed by atoms with van der Waals surface area (Å²) in [5, 5.41) is 3.50. The Balaban J connectivity index is 2.42. The average molecular weight is 269 g/mol. The molecule has 1 aliphatic rings. The number of aryl methyl sites for hydroxylation is 1. The highest BCUT2D eigenvalue weighted by atomic mass is 15.3. The molecule has 0 spiro atoms. The van der Waals surface area contributed by atoms with Crippen molar-refractivity contribution in [3.05, 3.63) is 59.6 Å². The normalized spacial score (nSPS) is 23.3. The van der Waals surface area contributed by atoms with Crippen LogP contribution < -0.4 is 5.32 Å². The Morgan fingerprint density at radius 2 is 2.10 bits per heavy atom. The first-order valence-electron chi connectivity index (χ1n) is 6.79. The standard InChI is InChI=1S/C17H23N3/c1-12-7-8-16(9-15(12)11-18-5)17(4)10-13(2)20(6)14(3)19-17/h7-9,11,19H,2-3,10H2,1,4-6H3/t17-/m0/s1. The Morgan fingerprint density at radius 1 is 1.40 bits per heavy atom. The molecule has 1 atom stereocenters. The van der Waals surface area contributed by atoms with E-state index in [1.807, 2.05) is 18.2 Å². The zero-order valence-electron chi connectivity index (χ0n) is 12.8. The van der Waals surface area contributed by atoms with Gasteiger partial charge in [0.1, 0.15) is 0 Å². The molecule has 0 unspecified atom stereocenters. The summed E-state index contributed by atoms with van der Waals surface area (Å²) in [5.41, 5.74) is 4.51.